The number of hydrogen-bond donors (Lipinski definition) is 0. The number of benzene rings is 1. The Balaban J connectivity index is 1.39. The smallest absolute Gasteiger partial charge is 0.255 e. The SMILES string of the molecule is O=c1cc(CCc2ccc(F)cn2)ccn1-c1ccc2c3c(oc2c1)CCCCC3. The molecule has 0 fully saturated rings. The number of hydrogen-bond acceptors (Lipinski definition) is 3. The highest BCUT2D eigenvalue weighted by Crippen LogP contribution is 2.32. The van der Waals surface area contributed by atoms with Crippen molar-refractivity contribution in [3.8, 4) is 5.69 Å². The maximum absolute atomic E-state index is 13.0. The third kappa shape index (κ3) is 3.67. The van der Waals surface area contributed by atoms with Crippen LogP contribution in [0.5, 0.6) is 0 Å². The van der Waals surface area contributed by atoms with Crippen LogP contribution >= 0.6 is 0 Å². The van der Waals surface area contributed by atoms with Gasteiger partial charge in [0.2, 0.25) is 0 Å². The van der Waals surface area contributed by atoms with E-state index in [-0.39, 0.29) is 11.4 Å². The maximum Gasteiger partial charge on any atom is 0.255 e. The van der Waals surface area contributed by atoms with Gasteiger partial charge in [0.25, 0.3) is 5.56 Å². The van der Waals surface area contributed by atoms with Gasteiger partial charge in [-0.15, -0.1) is 0 Å². The van der Waals surface area contributed by atoms with Gasteiger partial charge in [0.15, 0.2) is 0 Å². The molecule has 0 amide bonds. The van der Waals surface area contributed by atoms with E-state index < -0.39 is 0 Å². The number of aromatic nitrogens is 2. The number of pyridine rings is 2. The first-order valence-corrected chi connectivity index (χ1v) is 10.5. The molecule has 4 aromatic rings. The lowest BCUT2D eigenvalue weighted by Gasteiger charge is -2.08. The van der Waals surface area contributed by atoms with E-state index in [2.05, 4.69) is 11.1 Å². The van der Waals surface area contributed by atoms with Crippen LogP contribution < -0.4 is 5.56 Å². The lowest BCUT2D eigenvalue weighted by Crippen LogP contribution is -2.17. The molecular formula is C25H23FN2O2. The Hall–Kier alpha value is -3.21. The minimum absolute atomic E-state index is 0.0768. The lowest BCUT2D eigenvalue weighted by molar-refractivity contribution is 0.538. The van der Waals surface area contributed by atoms with Gasteiger partial charge in [-0.05, 0) is 68.0 Å². The summed E-state index contributed by atoms with van der Waals surface area (Å²) in [4.78, 5) is 16.8. The molecule has 30 heavy (non-hydrogen) atoms. The summed E-state index contributed by atoms with van der Waals surface area (Å²) >= 11 is 0. The molecule has 5 heteroatoms. The Morgan fingerprint density at radius 1 is 1.00 bits per heavy atom. The Morgan fingerprint density at radius 2 is 1.90 bits per heavy atom. The van der Waals surface area contributed by atoms with Gasteiger partial charge in [-0.1, -0.05) is 6.42 Å². The average Bonchev–Trinajstić information content (AvgIpc) is 2.93. The van der Waals surface area contributed by atoms with E-state index in [1.807, 2.05) is 24.4 Å². The molecule has 0 saturated carbocycles. The fourth-order valence-corrected chi connectivity index (χ4v) is 4.29. The van der Waals surface area contributed by atoms with Crippen LogP contribution in [0.4, 0.5) is 4.39 Å². The Kier molecular flexibility index (Phi) is 4.95. The molecular weight excluding hydrogens is 379 g/mol. The molecule has 1 aliphatic rings. The predicted octanol–water partition coefficient (Wildman–Crippen LogP) is 5.17. The Bertz CT molecular complexity index is 1250. The van der Waals surface area contributed by atoms with E-state index in [9.17, 15) is 9.18 Å². The minimum atomic E-state index is -0.341. The highest BCUT2D eigenvalue weighted by Gasteiger charge is 2.17. The van der Waals surface area contributed by atoms with Crippen molar-refractivity contribution in [2.75, 3.05) is 0 Å². The third-order valence-corrected chi connectivity index (χ3v) is 5.91. The number of halogens is 1. The second-order valence-electron chi connectivity index (χ2n) is 7.96. The summed E-state index contributed by atoms with van der Waals surface area (Å²) in [6.45, 7) is 0. The molecule has 4 nitrogen and oxygen atoms in total. The highest BCUT2D eigenvalue weighted by molar-refractivity contribution is 5.84. The molecule has 0 atom stereocenters. The van der Waals surface area contributed by atoms with Crippen LogP contribution in [0.1, 0.15) is 41.8 Å². The van der Waals surface area contributed by atoms with Crippen LogP contribution in [0, 0.1) is 5.82 Å². The molecule has 5 rings (SSSR count). The maximum atomic E-state index is 13.0. The molecule has 0 bridgehead atoms. The van der Waals surface area contributed by atoms with Crippen molar-refractivity contribution in [2.24, 2.45) is 0 Å². The van der Waals surface area contributed by atoms with Crippen LogP contribution in [0.3, 0.4) is 0 Å². The quantitative estimate of drug-likeness (QED) is 0.442. The molecule has 3 aromatic heterocycles. The summed E-state index contributed by atoms with van der Waals surface area (Å²) in [5.74, 6) is 0.767. The number of rotatable bonds is 4. The zero-order valence-electron chi connectivity index (χ0n) is 16.7. The first kappa shape index (κ1) is 18.8. The van der Waals surface area contributed by atoms with Crippen molar-refractivity contribution in [3.05, 3.63) is 93.6 Å². The summed E-state index contributed by atoms with van der Waals surface area (Å²) in [5.41, 5.74) is 4.68. The summed E-state index contributed by atoms with van der Waals surface area (Å²) in [6.07, 6.45) is 10.1. The second kappa shape index (κ2) is 7.90. The van der Waals surface area contributed by atoms with Crippen LogP contribution in [0.25, 0.3) is 16.7 Å². The largest absolute Gasteiger partial charge is 0.461 e. The van der Waals surface area contributed by atoms with Crippen molar-refractivity contribution in [2.45, 2.75) is 44.9 Å². The Morgan fingerprint density at radius 3 is 2.73 bits per heavy atom. The van der Waals surface area contributed by atoms with Gasteiger partial charge in [0.1, 0.15) is 17.2 Å². The fraction of sp³-hybridized carbons (Fsp3) is 0.280. The van der Waals surface area contributed by atoms with Crippen molar-refractivity contribution >= 4 is 11.0 Å². The molecule has 1 aromatic carbocycles. The lowest BCUT2D eigenvalue weighted by atomic mass is 10.1. The highest BCUT2D eigenvalue weighted by atomic mass is 19.1. The minimum Gasteiger partial charge on any atom is -0.461 e. The van der Waals surface area contributed by atoms with Gasteiger partial charge in [-0.3, -0.25) is 14.3 Å². The summed E-state index contributed by atoms with van der Waals surface area (Å²) in [6, 6.07) is 12.7. The third-order valence-electron chi connectivity index (χ3n) is 5.91. The van der Waals surface area contributed by atoms with E-state index >= 15 is 0 Å². The van der Waals surface area contributed by atoms with Crippen LogP contribution in [-0.2, 0) is 25.7 Å². The van der Waals surface area contributed by atoms with E-state index in [4.69, 9.17) is 4.42 Å². The molecule has 0 N–H and O–H groups in total. The number of furan rings is 1. The van der Waals surface area contributed by atoms with Crippen LogP contribution in [-0.4, -0.2) is 9.55 Å². The van der Waals surface area contributed by atoms with Crippen LogP contribution in [0.15, 0.2) is 64.1 Å². The summed E-state index contributed by atoms with van der Waals surface area (Å²) in [5, 5.41) is 1.17. The van der Waals surface area contributed by atoms with Gasteiger partial charge in [-0.2, -0.15) is 0 Å². The zero-order valence-corrected chi connectivity index (χ0v) is 16.7. The van der Waals surface area contributed by atoms with Gasteiger partial charge in [0.05, 0.1) is 11.9 Å². The monoisotopic (exact) mass is 402 g/mol. The standard InChI is InChI=1S/C25H23FN2O2/c26-18-7-9-19(27-16-18)8-6-17-12-13-28(25(29)14-17)20-10-11-22-21-4-2-1-3-5-23(21)30-24(22)15-20/h7,9-16H,1-6,8H2. The molecule has 0 radical (unpaired) electrons. The first-order chi connectivity index (χ1) is 14.7. The van der Waals surface area contributed by atoms with Gasteiger partial charge in [-0.25, -0.2) is 4.39 Å². The summed E-state index contributed by atoms with van der Waals surface area (Å²) in [7, 11) is 0. The van der Waals surface area contributed by atoms with Crippen LogP contribution in [0.2, 0.25) is 0 Å². The predicted molar refractivity (Wildman–Crippen MR) is 115 cm³/mol. The number of nitrogens with zero attached hydrogens (tertiary/aromatic N) is 2. The van der Waals surface area contributed by atoms with Crippen molar-refractivity contribution in [1.82, 2.24) is 9.55 Å². The Labute approximate surface area is 174 Å². The topological polar surface area (TPSA) is 48.0 Å². The zero-order chi connectivity index (χ0) is 20.5. The summed E-state index contributed by atoms with van der Waals surface area (Å²) < 4.78 is 20.8. The van der Waals surface area contributed by atoms with Crippen molar-refractivity contribution in [3.63, 3.8) is 0 Å². The average molecular weight is 402 g/mol. The number of aryl methyl sites for hydroxylation is 4. The first-order valence-electron chi connectivity index (χ1n) is 10.5. The van der Waals surface area contributed by atoms with E-state index in [0.717, 1.165) is 41.1 Å². The van der Waals surface area contributed by atoms with Gasteiger partial charge < -0.3 is 4.42 Å². The molecule has 3 heterocycles. The van der Waals surface area contributed by atoms with Gasteiger partial charge >= 0.3 is 0 Å². The van der Waals surface area contributed by atoms with E-state index in [0.29, 0.717) is 12.8 Å². The number of fused-ring (bicyclic) bond motifs is 3. The molecule has 152 valence electrons. The van der Waals surface area contributed by atoms with Crippen molar-refractivity contribution in [1.29, 1.82) is 0 Å². The molecule has 1 aliphatic carbocycles. The van der Waals surface area contributed by atoms with E-state index in [1.165, 1.54) is 42.5 Å². The van der Waals surface area contributed by atoms with Gasteiger partial charge in [0, 0.05) is 41.4 Å². The molecule has 0 saturated heterocycles. The normalized spacial score (nSPS) is 13.9. The van der Waals surface area contributed by atoms with E-state index in [1.54, 1.807) is 16.7 Å². The second-order valence-corrected chi connectivity index (χ2v) is 7.96. The molecule has 0 aliphatic heterocycles. The molecule has 0 spiro atoms. The fourth-order valence-electron chi connectivity index (χ4n) is 4.29. The molecule has 0 unspecified atom stereocenters. The van der Waals surface area contributed by atoms with Crippen molar-refractivity contribution < 1.29 is 8.81 Å².